The van der Waals surface area contributed by atoms with E-state index in [2.05, 4.69) is 33.1 Å². The minimum Gasteiger partial charge on any atom is -0.480 e. The van der Waals surface area contributed by atoms with Crippen LogP contribution < -0.4 is 10.1 Å². The second-order valence-corrected chi connectivity index (χ2v) is 7.17. The van der Waals surface area contributed by atoms with Crippen molar-refractivity contribution >= 4 is 21.8 Å². The lowest BCUT2D eigenvalue weighted by molar-refractivity contribution is -0.128. The summed E-state index contributed by atoms with van der Waals surface area (Å²) in [6.45, 7) is 7.12. The van der Waals surface area contributed by atoms with Gasteiger partial charge in [-0.15, -0.1) is 0 Å². The van der Waals surface area contributed by atoms with Crippen molar-refractivity contribution in [2.75, 3.05) is 19.6 Å². The number of piperidine rings is 1. The Kier molecular flexibility index (Phi) is 7.49. The van der Waals surface area contributed by atoms with Crippen LogP contribution in [0.4, 0.5) is 4.39 Å². The molecule has 0 aromatic heterocycles. The molecule has 1 aliphatic heterocycles. The molecule has 1 saturated heterocycles. The molecule has 0 bridgehead atoms. The number of likely N-dealkylation sites (tertiary alicyclic amines) is 1. The van der Waals surface area contributed by atoms with Gasteiger partial charge in [-0.3, -0.25) is 4.79 Å². The second kappa shape index (κ2) is 9.37. The van der Waals surface area contributed by atoms with Crippen LogP contribution in [0.15, 0.2) is 22.7 Å². The van der Waals surface area contributed by atoms with E-state index in [0.29, 0.717) is 10.2 Å². The lowest BCUT2D eigenvalue weighted by Crippen LogP contribution is -2.48. The zero-order chi connectivity index (χ0) is 17.5. The van der Waals surface area contributed by atoms with E-state index in [0.717, 1.165) is 32.5 Å². The van der Waals surface area contributed by atoms with Gasteiger partial charge in [0.25, 0.3) is 5.91 Å². The first-order valence-corrected chi connectivity index (χ1v) is 9.43. The molecule has 1 atom stereocenters. The number of unbranched alkanes of at least 4 members (excludes halogenated alkanes) is 1. The zero-order valence-electron chi connectivity index (χ0n) is 14.4. The SMILES string of the molecule is CCCCN1CCC(NC(=O)C(C)Oc2ccc(F)cc2Br)CC1. The average Bonchev–Trinajstić information content (AvgIpc) is 2.56. The number of benzene rings is 1. The first-order chi connectivity index (χ1) is 11.5. The summed E-state index contributed by atoms with van der Waals surface area (Å²) in [5.41, 5.74) is 0. The molecule has 1 aromatic carbocycles. The highest BCUT2D eigenvalue weighted by atomic mass is 79.9. The van der Waals surface area contributed by atoms with E-state index in [1.165, 1.54) is 31.0 Å². The van der Waals surface area contributed by atoms with Gasteiger partial charge in [0.1, 0.15) is 11.6 Å². The number of hydrogen-bond donors (Lipinski definition) is 1. The van der Waals surface area contributed by atoms with Crippen molar-refractivity contribution in [3.05, 3.63) is 28.5 Å². The molecule has 1 unspecified atom stereocenters. The Bertz CT molecular complexity index is 548. The van der Waals surface area contributed by atoms with Gasteiger partial charge in [0.15, 0.2) is 6.10 Å². The van der Waals surface area contributed by atoms with Gasteiger partial charge in [0.05, 0.1) is 4.47 Å². The van der Waals surface area contributed by atoms with E-state index >= 15 is 0 Å². The third-order valence-electron chi connectivity index (χ3n) is 4.33. The van der Waals surface area contributed by atoms with Crippen LogP contribution in [0.25, 0.3) is 0 Å². The predicted molar refractivity (Wildman–Crippen MR) is 96.7 cm³/mol. The Labute approximate surface area is 151 Å². The van der Waals surface area contributed by atoms with E-state index in [1.54, 1.807) is 6.92 Å². The molecule has 1 N–H and O–H groups in total. The molecule has 0 radical (unpaired) electrons. The largest absolute Gasteiger partial charge is 0.480 e. The summed E-state index contributed by atoms with van der Waals surface area (Å²) in [5, 5.41) is 3.07. The summed E-state index contributed by atoms with van der Waals surface area (Å²) < 4.78 is 19.2. The molecule has 0 spiro atoms. The lowest BCUT2D eigenvalue weighted by atomic mass is 10.0. The van der Waals surface area contributed by atoms with Crippen molar-refractivity contribution in [2.24, 2.45) is 0 Å². The van der Waals surface area contributed by atoms with Crippen molar-refractivity contribution in [3.63, 3.8) is 0 Å². The van der Waals surface area contributed by atoms with E-state index in [4.69, 9.17) is 4.74 Å². The maximum atomic E-state index is 13.1. The minimum absolute atomic E-state index is 0.127. The summed E-state index contributed by atoms with van der Waals surface area (Å²) in [6.07, 6.45) is 3.77. The average molecular weight is 401 g/mol. The molecule has 1 aliphatic rings. The van der Waals surface area contributed by atoms with Crippen LogP contribution >= 0.6 is 15.9 Å². The van der Waals surface area contributed by atoms with Crippen molar-refractivity contribution in [3.8, 4) is 5.75 Å². The maximum Gasteiger partial charge on any atom is 0.260 e. The number of carbonyl (C=O) groups excluding carboxylic acids is 1. The smallest absolute Gasteiger partial charge is 0.260 e. The van der Waals surface area contributed by atoms with Crippen LogP contribution in [-0.2, 0) is 4.79 Å². The number of nitrogens with one attached hydrogen (secondary N) is 1. The van der Waals surface area contributed by atoms with Crippen LogP contribution in [0, 0.1) is 5.82 Å². The fourth-order valence-electron chi connectivity index (χ4n) is 2.82. The molecule has 24 heavy (non-hydrogen) atoms. The maximum absolute atomic E-state index is 13.1. The first kappa shape index (κ1) is 19.2. The van der Waals surface area contributed by atoms with Gasteiger partial charge in [0.2, 0.25) is 0 Å². The van der Waals surface area contributed by atoms with Crippen LogP contribution in [0.1, 0.15) is 39.5 Å². The summed E-state index contributed by atoms with van der Waals surface area (Å²) >= 11 is 3.25. The third-order valence-corrected chi connectivity index (χ3v) is 4.95. The monoisotopic (exact) mass is 400 g/mol. The molecule has 1 fully saturated rings. The van der Waals surface area contributed by atoms with Crippen LogP contribution in [0.2, 0.25) is 0 Å². The van der Waals surface area contributed by atoms with Crippen molar-refractivity contribution in [1.82, 2.24) is 10.2 Å². The van der Waals surface area contributed by atoms with Gasteiger partial charge in [-0.2, -0.15) is 0 Å². The Morgan fingerprint density at radius 2 is 2.17 bits per heavy atom. The number of nitrogens with zero attached hydrogens (tertiary/aromatic N) is 1. The fraction of sp³-hybridized carbons (Fsp3) is 0.611. The van der Waals surface area contributed by atoms with Gasteiger partial charge in [-0.25, -0.2) is 4.39 Å². The number of carbonyl (C=O) groups is 1. The highest BCUT2D eigenvalue weighted by Crippen LogP contribution is 2.26. The van der Waals surface area contributed by atoms with E-state index in [-0.39, 0.29) is 17.8 Å². The number of hydrogen-bond acceptors (Lipinski definition) is 3. The Hall–Kier alpha value is -1.14. The minimum atomic E-state index is -0.620. The van der Waals surface area contributed by atoms with Gasteiger partial charge >= 0.3 is 0 Å². The molecule has 0 saturated carbocycles. The van der Waals surface area contributed by atoms with Gasteiger partial charge in [0, 0.05) is 19.1 Å². The summed E-state index contributed by atoms with van der Waals surface area (Å²) in [4.78, 5) is 14.8. The molecule has 6 heteroatoms. The fourth-order valence-corrected chi connectivity index (χ4v) is 3.26. The van der Waals surface area contributed by atoms with E-state index < -0.39 is 6.10 Å². The van der Waals surface area contributed by atoms with Gasteiger partial charge in [-0.1, -0.05) is 13.3 Å². The highest BCUT2D eigenvalue weighted by Gasteiger charge is 2.23. The molecule has 2 rings (SSSR count). The third kappa shape index (κ3) is 5.74. The summed E-state index contributed by atoms with van der Waals surface area (Å²) in [5.74, 6) is -0.00664. The molecular weight excluding hydrogens is 375 g/mol. The quantitative estimate of drug-likeness (QED) is 0.757. The van der Waals surface area contributed by atoms with Crippen LogP contribution in [0.3, 0.4) is 0 Å². The Morgan fingerprint density at radius 3 is 2.79 bits per heavy atom. The molecule has 0 aliphatic carbocycles. The second-order valence-electron chi connectivity index (χ2n) is 6.31. The topological polar surface area (TPSA) is 41.6 Å². The molecule has 1 amide bonds. The molecular formula is C18H26BrFN2O2. The van der Waals surface area contributed by atoms with Gasteiger partial charge in [-0.05, 0) is 66.9 Å². The number of ether oxygens (including phenoxy) is 1. The van der Waals surface area contributed by atoms with E-state index in [1.807, 2.05) is 0 Å². The zero-order valence-corrected chi connectivity index (χ0v) is 15.9. The first-order valence-electron chi connectivity index (χ1n) is 8.64. The summed E-state index contributed by atoms with van der Waals surface area (Å²) in [7, 11) is 0. The number of halogens is 2. The number of amides is 1. The van der Waals surface area contributed by atoms with Crippen molar-refractivity contribution in [1.29, 1.82) is 0 Å². The molecule has 4 nitrogen and oxygen atoms in total. The molecule has 1 aromatic rings. The predicted octanol–water partition coefficient (Wildman–Crippen LogP) is 3.74. The Morgan fingerprint density at radius 1 is 1.46 bits per heavy atom. The Balaban J connectivity index is 1.78. The molecule has 134 valence electrons. The molecule has 1 heterocycles. The van der Waals surface area contributed by atoms with Gasteiger partial charge < -0.3 is 15.0 Å². The van der Waals surface area contributed by atoms with Crippen molar-refractivity contribution in [2.45, 2.75) is 51.7 Å². The van der Waals surface area contributed by atoms with Crippen LogP contribution in [0.5, 0.6) is 5.75 Å². The summed E-state index contributed by atoms with van der Waals surface area (Å²) in [6, 6.07) is 4.37. The lowest BCUT2D eigenvalue weighted by Gasteiger charge is -2.32. The normalized spacial score (nSPS) is 17.5. The standard InChI is InChI=1S/C18H26BrFN2O2/c1-3-4-9-22-10-7-15(8-11-22)21-18(23)13(2)24-17-6-5-14(20)12-16(17)19/h5-6,12-13,15H,3-4,7-11H2,1-2H3,(H,21,23). The van der Waals surface area contributed by atoms with Crippen molar-refractivity contribution < 1.29 is 13.9 Å². The van der Waals surface area contributed by atoms with Crippen LogP contribution in [-0.4, -0.2) is 42.6 Å². The van der Waals surface area contributed by atoms with E-state index in [9.17, 15) is 9.18 Å². The number of rotatable bonds is 7. The highest BCUT2D eigenvalue weighted by molar-refractivity contribution is 9.10.